The van der Waals surface area contributed by atoms with Crippen molar-refractivity contribution in [3.05, 3.63) is 39.9 Å². The van der Waals surface area contributed by atoms with Crippen molar-refractivity contribution in [3.8, 4) is 0 Å². The topological polar surface area (TPSA) is 77.0 Å². The van der Waals surface area contributed by atoms with Gasteiger partial charge in [-0.3, -0.25) is 0 Å². The van der Waals surface area contributed by atoms with Gasteiger partial charge in [0.2, 0.25) is 5.28 Å². The van der Waals surface area contributed by atoms with Gasteiger partial charge >= 0.3 is 0 Å². The molecule has 0 spiro atoms. The zero-order valence-corrected chi connectivity index (χ0v) is 14.0. The van der Waals surface area contributed by atoms with Crippen LogP contribution in [0.25, 0.3) is 10.2 Å². The first-order valence-corrected chi connectivity index (χ1v) is 8.21. The van der Waals surface area contributed by atoms with E-state index in [1.807, 2.05) is 19.1 Å². The number of rotatable bonds is 5. The Morgan fingerprint density at radius 1 is 1.45 bits per heavy atom. The number of thiophene rings is 1. The minimum atomic E-state index is 0.106. The molecule has 5 nitrogen and oxygen atoms in total. The summed E-state index contributed by atoms with van der Waals surface area (Å²) in [4.78, 5) is 9.91. The van der Waals surface area contributed by atoms with Crippen molar-refractivity contribution in [1.82, 2.24) is 9.97 Å². The third kappa shape index (κ3) is 3.09. The zero-order chi connectivity index (χ0) is 15.7. The van der Waals surface area contributed by atoms with Crippen molar-refractivity contribution in [3.63, 3.8) is 0 Å². The summed E-state index contributed by atoms with van der Waals surface area (Å²) in [6.07, 6.45) is 2.47. The largest absolute Gasteiger partial charge is 0.467 e. The summed E-state index contributed by atoms with van der Waals surface area (Å²) < 4.78 is 6.33. The van der Waals surface area contributed by atoms with Crippen LogP contribution >= 0.6 is 22.9 Å². The highest BCUT2D eigenvalue weighted by Gasteiger charge is 2.16. The maximum Gasteiger partial charge on any atom is 0.224 e. The molecule has 3 aromatic rings. The minimum Gasteiger partial charge on any atom is -0.467 e. The van der Waals surface area contributed by atoms with Crippen molar-refractivity contribution < 1.29 is 4.42 Å². The van der Waals surface area contributed by atoms with Crippen LogP contribution in [0, 0.1) is 6.92 Å². The van der Waals surface area contributed by atoms with Gasteiger partial charge in [0.05, 0.1) is 23.0 Å². The summed E-state index contributed by atoms with van der Waals surface area (Å²) in [6, 6.07) is 3.87. The van der Waals surface area contributed by atoms with Crippen molar-refractivity contribution in [2.24, 2.45) is 5.73 Å². The zero-order valence-electron chi connectivity index (χ0n) is 12.4. The lowest BCUT2D eigenvalue weighted by molar-refractivity contribution is 0.518. The fraction of sp³-hybridized carbons (Fsp3) is 0.333. The van der Waals surface area contributed by atoms with Crippen molar-refractivity contribution in [2.45, 2.75) is 32.9 Å². The first kappa shape index (κ1) is 15.3. The van der Waals surface area contributed by atoms with E-state index in [1.54, 1.807) is 17.6 Å². The molecule has 3 aromatic heterocycles. The van der Waals surface area contributed by atoms with Crippen molar-refractivity contribution >= 4 is 39.0 Å². The highest BCUT2D eigenvalue weighted by molar-refractivity contribution is 7.19. The summed E-state index contributed by atoms with van der Waals surface area (Å²) in [5, 5.41) is 3.51. The smallest absolute Gasteiger partial charge is 0.224 e. The molecule has 3 rings (SSSR count). The Balaban J connectivity index is 1.98. The fourth-order valence-corrected chi connectivity index (χ4v) is 3.82. The number of halogens is 1. The average Bonchev–Trinajstić information content (AvgIpc) is 3.07. The van der Waals surface area contributed by atoms with E-state index in [0.717, 1.165) is 33.8 Å². The number of nitrogens with two attached hydrogens (primary N) is 1. The molecule has 0 saturated carbocycles. The first-order chi connectivity index (χ1) is 10.5. The van der Waals surface area contributed by atoms with E-state index in [1.165, 1.54) is 4.88 Å². The molecule has 0 amide bonds. The molecule has 7 heteroatoms. The van der Waals surface area contributed by atoms with Gasteiger partial charge in [0.1, 0.15) is 11.6 Å². The summed E-state index contributed by atoms with van der Waals surface area (Å²) in [5.41, 5.74) is 7.94. The van der Waals surface area contributed by atoms with E-state index >= 15 is 0 Å². The second-order valence-corrected chi connectivity index (χ2v) is 6.73. The van der Waals surface area contributed by atoms with E-state index in [4.69, 9.17) is 21.8 Å². The van der Waals surface area contributed by atoms with Gasteiger partial charge in [-0.2, -0.15) is 4.98 Å². The molecule has 116 valence electrons. The van der Waals surface area contributed by atoms with Crippen LogP contribution in [-0.2, 0) is 13.0 Å². The van der Waals surface area contributed by atoms with Gasteiger partial charge < -0.3 is 15.5 Å². The van der Waals surface area contributed by atoms with E-state index in [0.29, 0.717) is 6.54 Å². The molecule has 1 atom stereocenters. The molecule has 0 unspecified atom stereocenters. The predicted molar refractivity (Wildman–Crippen MR) is 90.6 cm³/mol. The second kappa shape index (κ2) is 6.24. The van der Waals surface area contributed by atoms with E-state index < -0.39 is 0 Å². The summed E-state index contributed by atoms with van der Waals surface area (Å²) >= 11 is 7.73. The number of anilines is 1. The maximum atomic E-state index is 6.07. The van der Waals surface area contributed by atoms with Crippen LogP contribution in [0.4, 0.5) is 5.82 Å². The van der Waals surface area contributed by atoms with Crippen molar-refractivity contribution in [2.75, 3.05) is 5.32 Å². The summed E-state index contributed by atoms with van der Waals surface area (Å²) in [6.45, 7) is 4.60. The molecule has 0 aliphatic carbocycles. The number of fused-ring (bicyclic) bond motifs is 1. The number of nitrogens with zero attached hydrogens (tertiary/aromatic N) is 2. The van der Waals surface area contributed by atoms with Gasteiger partial charge in [-0.05, 0) is 49.6 Å². The Kier molecular flexibility index (Phi) is 4.33. The van der Waals surface area contributed by atoms with Gasteiger partial charge in [0, 0.05) is 10.9 Å². The van der Waals surface area contributed by atoms with Gasteiger partial charge in [-0.25, -0.2) is 4.98 Å². The molecule has 0 aliphatic rings. The van der Waals surface area contributed by atoms with E-state index in [2.05, 4.69) is 22.2 Å². The lowest BCUT2D eigenvalue weighted by Gasteiger charge is -2.05. The molecule has 0 bridgehead atoms. The molecule has 22 heavy (non-hydrogen) atoms. The SMILES string of the molecule is Cc1c(C[C@H](C)N)sc2c(NCc3ccco3)nc(Cl)nc12. The number of aromatic nitrogens is 2. The van der Waals surface area contributed by atoms with Crippen LogP contribution in [0.15, 0.2) is 22.8 Å². The van der Waals surface area contributed by atoms with Crippen LogP contribution in [0.5, 0.6) is 0 Å². The van der Waals surface area contributed by atoms with Crippen LogP contribution in [-0.4, -0.2) is 16.0 Å². The predicted octanol–water partition coefficient (Wildman–Crippen LogP) is 3.75. The minimum absolute atomic E-state index is 0.106. The van der Waals surface area contributed by atoms with Crippen molar-refractivity contribution in [1.29, 1.82) is 0 Å². The molecule has 0 aliphatic heterocycles. The standard InChI is InChI=1S/C15H17ClN4OS/c1-8(17)6-11-9(2)12-13(22-11)14(20-15(16)19-12)18-7-10-4-3-5-21-10/h3-5,8H,6-7,17H2,1-2H3,(H,18,19,20)/t8-/m0/s1. The van der Waals surface area contributed by atoms with Gasteiger partial charge in [0.15, 0.2) is 0 Å². The molecular formula is C15H17ClN4OS. The number of nitrogens with one attached hydrogen (secondary N) is 1. The number of aryl methyl sites for hydroxylation is 1. The number of hydrogen-bond donors (Lipinski definition) is 2. The number of hydrogen-bond acceptors (Lipinski definition) is 6. The third-order valence-corrected chi connectivity index (χ3v) is 4.83. The summed E-state index contributed by atoms with van der Waals surface area (Å²) in [7, 11) is 0. The molecule has 0 radical (unpaired) electrons. The Labute approximate surface area is 137 Å². The normalized spacial score (nSPS) is 12.7. The molecule has 0 aromatic carbocycles. The molecule has 3 heterocycles. The number of furan rings is 1. The monoisotopic (exact) mass is 336 g/mol. The van der Waals surface area contributed by atoms with Gasteiger partial charge in [-0.15, -0.1) is 11.3 Å². The van der Waals surface area contributed by atoms with Gasteiger partial charge in [0.25, 0.3) is 0 Å². The van der Waals surface area contributed by atoms with Crippen LogP contribution in [0.1, 0.15) is 23.1 Å². The lowest BCUT2D eigenvalue weighted by atomic mass is 10.1. The molecule has 0 fully saturated rings. The van der Waals surface area contributed by atoms with Crippen LogP contribution in [0.2, 0.25) is 5.28 Å². The molecule has 3 N–H and O–H groups in total. The third-order valence-electron chi connectivity index (χ3n) is 3.35. The van der Waals surface area contributed by atoms with E-state index in [9.17, 15) is 0 Å². The molecule has 0 saturated heterocycles. The van der Waals surface area contributed by atoms with E-state index in [-0.39, 0.29) is 11.3 Å². The van der Waals surface area contributed by atoms with Gasteiger partial charge in [-0.1, -0.05) is 0 Å². The average molecular weight is 337 g/mol. The highest BCUT2D eigenvalue weighted by Crippen LogP contribution is 2.35. The Hall–Kier alpha value is -1.63. The van der Waals surface area contributed by atoms with Crippen LogP contribution in [0.3, 0.4) is 0 Å². The Morgan fingerprint density at radius 3 is 2.95 bits per heavy atom. The Bertz CT molecular complexity index is 783. The first-order valence-electron chi connectivity index (χ1n) is 7.02. The second-order valence-electron chi connectivity index (χ2n) is 5.28. The lowest BCUT2D eigenvalue weighted by Crippen LogP contribution is -2.17. The Morgan fingerprint density at radius 2 is 2.27 bits per heavy atom. The quantitative estimate of drug-likeness (QED) is 0.694. The fourth-order valence-electron chi connectivity index (χ4n) is 2.30. The molecular weight excluding hydrogens is 320 g/mol. The maximum absolute atomic E-state index is 6.07. The summed E-state index contributed by atoms with van der Waals surface area (Å²) in [5.74, 6) is 1.57. The van der Waals surface area contributed by atoms with Crippen LogP contribution < -0.4 is 11.1 Å². The highest BCUT2D eigenvalue weighted by atomic mass is 35.5.